The number of fused-ring (bicyclic) bond motifs is 1. The first kappa shape index (κ1) is 81.0. The number of aryl methyl sites for hydroxylation is 1. The third-order valence-corrected chi connectivity index (χ3v) is 23.0. The third-order valence-electron chi connectivity index (χ3n) is 23.0. The van der Waals surface area contributed by atoms with Crippen molar-refractivity contribution < 1.29 is 88.3 Å². The van der Waals surface area contributed by atoms with Gasteiger partial charge in [0, 0.05) is 68.8 Å². The molecule has 4 aliphatic carbocycles. The molecule has 1 spiro atoms. The lowest BCUT2D eigenvalue weighted by Gasteiger charge is -2.43. The van der Waals surface area contributed by atoms with Gasteiger partial charge in [0.05, 0.1) is 32.6 Å². The van der Waals surface area contributed by atoms with Gasteiger partial charge in [0.1, 0.15) is 65.0 Å². The van der Waals surface area contributed by atoms with Gasteiger partial charge in [-0.25, -0.2) is 17.6 Å². The number of nitrogens with zero attached hydrogens (tertiary/aromatic N) is 9. The summed E-state index contributed by atoms with van der Waals surface area (Å²) in [7, 11) is 9.40. The summed E-state index contributed by atoms with van der Waals surface area (Å²) in [6.45, 7) is 0.667. The number of likely N-dealkylation sites (tertiary alicyclic amines) is 1. The van der Waals surface area contributed by atoms with Crippen LogP contribution in [0.2, 0.25) is 0 Å². The van der Waals surface area contributed by atoms with E-state index in [0.29, 0.717) is 114 Å². The van der Waals surface area contributed by atoms with Gasteiger partial charge in [-0.2, -0.15) is 13.2 Å². The Balaban J connectivity index is 1.19. The molecule has 0 aromatic heterocycles. The fraction of sp³-hybridized carbons (Fsp3) is 0.750. The van der Waals surface area contributed by atoms with E-state index >= 15 is 41.5 Å². The van der Waals surface area contributed by atoms with Crippen LogP contribution in [-0.4, -0.2) is 257 Å². The molecule has 3 saturated heterocycles. The fourth-order valence-electron chi connectivity index (χ4n) is 16.3. The molecule has 0 radical (unpaired) electrons. The number of carbonyl (C=O) groups is 12. The quantitative estimate of drug-likeness (QED) is 0.240. The van der Waals surface area contributed by atoms with Gasteiger partial charge in [0.25, 0.3) is 5.92 Å². The minimum absolute atomic E-state index is 0.0661. The van der Waals surface area contributed by atoms with Gasteiger partial charge in [0.15, 0.2) is 0 Å². The number of carbonyl (C=O) groups excluding carboxylic acids is 12. The van der Waals surface area contributed by atoms with Crippen LogP contribution in [0.25, 0.3) is 0 Å². The van der Waals surface area contributed by atoms with E-state index in [4.69, 9.17) is 0 Å². The second-order valence-electron chi connectivity index (χ2n) is 30.3. The van der Waals surface area contributed by atoms with E-state index in [1.165, 1.54) is 59.1 Å². The second-order valence-corrected chi connectivity index (χ2v) is 30.3. The molecule has 12 amide bonds. The molecule has 7 fully saturated rings. The molecular formula is C72H105F7N12O12. The van der Waals surface area contributed by atoms with Gasteiger partial charge in [-0.1, -0.05) is 90.9 Å². The summed E-state index contributed by atoms with van der Waals surface area (Å²) >= 11 is 0. The maximum absolute atomic E-state index is 16.2. The van der Waals surface area contributed by atoms with E-state index in [9.17, 15) is 46.7 Å². The molecule has 574 valence electrons. The first-order chi connectivity index (χ1) is 48.5. The molecular weight excluding hydrogens is 1360 g/mol. The summed E-state index contributed by atoms with van der Waals surface area (Å²) in [5, 5.41) is 8.05. The molecule has 3 aliphatic heterocycles. The van der Waals surface area contributed by atoms with E-state index in [1.807, 2.05) is 6.92 Å². The molecule has 24 nitrogen and oxygen atoms in total. The van der Waals surface area contributed by atoms with Crippen LogP contribution in [0.5, 0.6) is 0 Å². The molecule has 4 saturated carbocycles. The van der Waals surface area contributed by atoms with Crippen molar-refractivity contribution in [2.24, 2.45) is 23.7 Å². The smallest absolute Gasteiger partial charge is 0.343 e. The van der Waals surface area contributed by atoms with Crippen LogP contribution in [0.1, 0.15) is 179 Å². The molecule has 8 atom stereocenters. The maximum atomic E-state index is 16.2. The number of hydrogen-bond acceptors (Lipinski definition) is 12. The van der Waals surface area contributed by atoms with Crippen LogP contribution in [0, 0.1) is 35.3 Å². The zero-order valence-electron chi connectivity index (χ0n) is 61.0. The van der Waals surface area contributed by atoms with Gasteiger partial charge in [-0.15, -0.1) is 0 Å². The molecule has 3 heterocycles. The third kappa shape index (κ3) is 19.3. The number of alkyl halides is 5. The van der Waals surface area contributed by atoms with Gasteiger partial charge < -0.3 is 60.0 Å². The Morgan fingerprint density at radius 1 is 0.602 bits per heavy atom. The lowest BCUT2D eigenvalue weighted by molar-refractivity contribution is -0.157. The summed E-state index contributed by atoms with van der Waals surface area (Å²) in [5.74, 6) is -19.4. The number of amides is 12. The Labute approximate surface area is 598 Å². The van der Waals surface area contributed by atoms with Crippen molar-refractivity contribution in [2.45, 2.75) is 234 Å². The molecule has 0 unspecified atom stereocenters. The maximum Gasteiger partial charge on any atom is 0.422 e. The highest BCUT2D eigenvalue weighted by Gasteiger charge is 2.56. The molecule has 7 aliphatic rings. The molecule has 3 N–H and O–H groups in total. The number of nitrogens with one attached hydrogen (secondary N) is 3. The van der Waals surface area contributed by atoms with Crippen molar-refractivity contribution in [1.82, 2.24) is 60.0 Å². The van der Waals surface area contributed by atoms with Gasteiger partial charge >= 0.3 is 6.18 Å². The standard InChI is InChI=1S/C72H105F7N12O12/c1-10-43(2)59-67(101)85(5)40-56(94)83(3)41-57(95)86(6)51(36-44-22-13-11-14-23-44)65(99)84(4)39-54(92)80-50(29-28-45-34-48(73)58(49(74)35-45)72(77,78)79)64(98)91-42-71(75,76)38-53(91)62(96)82-70(30-17-18-31-70)69(103)89(9)61(47-24-15-12-16-25-47)68(102)87(7)52(66(100)90-32-19-20-33-90)37-55(93)88(8)60(63(97)81-59)46-26-21-27-46/h34-35,43-44,46-47,50-53,59-61H,10-33,36-42H2,1-9H3,(H,80,92)(H,81,97)(H,82,96)/t43-,50-,51-,52-,53-,59-,60-,61-/m0/s1. The highest BCUT2D eigenvalue weighted by molar-refractivity contribution is 6.01. The topological polar surface area (TPSA) is 270 Å². The Morgan fingerprint density at radius 3 is 1.74 bits per heavy atom. The minimum atomic E-state index is -5.46. The summed E-state index contributed by atoms with van der Waals surface area (Å²) < 4.78 is 104. The molecule has 31 heteroatoms. The highest BCUT2D eigenvalue weighted by Crippen LogP contribution is 2.40. The highest BCUT2D eigenvalue weighted by atomic mass is 19.4. The van der Waals surface area contributed by atoms with Crippen molar-refractivity contribution in [3.63, 3.8) is 0 Å². The van der Waals surface area contributed by atoms with E-state index in [2.05, 4.69) is 16.0 Å². The first-order valence-corrected chi connectivity index (χ1v) is 36.7. The van der Waals surface area contributed by atoms with Crippen LogP contribution in [0.15, 0.2) is 12.1 Å². The zero-order chi connectivity index (χ0) is 75.7. The predicted octanol–water partition coefficient (Wildman–Crippen LogP) is 5.66. The average molecular weight is 1460 g/mol. The molecule has 8 rings (SSSR count). The second kappa shape index (κ2) is 34.5. The van der Waals surface area contributed by atoms with Crippen molar-refractivity contribution in [3.05, 3.63) is 34.9 Å². The Hall–Kier alpha value is -7.63. The summed E-state index contributed by atoms with van der Waals surface area (Å²) in [6, 6.07) is -9.83. The summed E-state index contributed by atoms with van der Waals surface area (Å²) in [5.41, 5.74) is -4.55. The van der Waals surface area contributed by atoms with Crippen molar-refractivity contribution in [2.75, 3.05) is 88.6 Å². The molecule has 0 bridgehead atoms. The van der Waals surface area contributed by atoms with Crippen LogP contribution in [0.3, 0.4) is 0 Å². The van der Waals surface area contributed by atoms with E-state index in [1.54, 1.807) is 11.8 Å². The molecule has 1 aromatic carbocycles. The lowest BCUT2D eigenvalue weighted by atomic mass is 9.78. The Bertz CT molecular complexity index is 3280. The molecule has 1 aromatic rings. The van der Waals surface area contributed by atoms with Gasteiger partial charge in [0.2, 0.25) is 70.9 Å². The van der Waals surface area contributed by atoms with E-state index in [-0.39, 0.29) is 31.1 Å². The monoisotopic (exact) mass is 1460 g/mol. The van der Waals surface area contributed by atoms with Crippen molar-refractivity contribution in [1.29, 1.82) is 0 Å². The van der Waals surface area contributed by atoms with E-state index in [0.717, 1.165) is 56.6 Å². The average Bonchev–Trinajstić information content (AvgIpc) is 1.69. The van der Waals surface area contributed by atoms with Crippen molar-refractivity contribution in [3.8, 4) is 0 Å². The predicted molar refractivity (Wildman–Crippen MR) is 362 cm³/mol. The fourth-order valence-corrected chi connectivity index (χ4v) is 16.3. The minimum Gasteiger partial charge on any atom is -0.343 e. The van der Waals surface area contributed by atoms with Crippen LogP contribution < -0.4 is 16.0 Å². The largest absolute Gasteiger partial charge is 0.422 e. The normalized spacial score (nSPS) is 27.7. The lowest BCUT2D eigenvalue weighted by Crippen LogP contribution is -2.65. The summed E-state index contributed by atoms with van der Waals surface area (Å²) in [4.78, 5) is 189. The van der Waals surface area contributed by atoms with Crippen molar-refractivity contribution >= 4 is 70.9 Å². The van der Waals surface area contributed by atoms with Gasteiger partial charge in [-0.05, 0) is 112 Å². The first-order valence-electron chi connectivity index (χ1n) is 36.7. The van der Waals surface area contributed by atoms with Crippen LogP contribution in [-0.2, 0) is 70.1 Å². The number of likely N-dealkylation sites (N-methyl/N-ethyl adjacent to an activating group) is 7. The van der Waals surface area contributed by atoms with Crippen LogP contribution in [0.4, 0.5) is 30.7 Å². The summed E-state index contributed by atoms with van der Waals surface area (Å²) in [6.07, 6.45) is 2.16. The number of benzene rings is 1. The number of rotatable bonds is 10. The number of hydrogen-bond donors (Lipinski definition) is 3. The number of halogens is 7. The Kier molecular flexibility index (Phi) is 27.2. The zero-order valence-corrected chi connectivity index (χ0v) is 61.0. The van der Waals surface area contributed by atoms with Crippen LogP contribution >= 0.6 is 0 Å². The SMILES string of the molecule is CC[C@H](C)[C@@H]1NC(=O)[C@H](C2CCC2)N(C)C(=O)C[C@@H](C(=O)N2CCCC2)N(C)C(=O)[C@H](C2CCCCC2)N(C)C(=O)C2(CCCC2)NC(=O)[C@@H]2CC(F)(F)CN2C(=O)[C@H](CCc2cc(F)c(C(F)(F)F)c(F)c2)NC(=O)CN(C)C(=O)[C@H](CC2CCCCC2)N(C)C(=O)CN(C)C(=O)CN(C)C1=O. The van der Waals surface area contributed by atoms with Gasteiger partial charge in [-0.3, -0.25) is 57.5 Å². The molecule has 103 heavy (non-hydrogen) atoms. The van der Waals surface area contributed by atoms with E-state index < -0.39 is 217 Å². The Morgan fingerprint density at radius 2 is 1.17 bits per heavy atom.